The van der Waals surface area contributed by atoms with E-state index in [0.717, 1.165) is 99.2 Å². The van der Waals surface area contributed by atoms with Crippen molar-refractivity contribution in [2.75, 3.05) is 0 Å². The van der Waals surface area contributed by atoms with Gasteiger partial charge in [-0.05, 0) is 129 Å². The molecule has 0 unspecified atom stereocenters. The highest BCUT2D eigenvalue weighted by Gasteiger charge is 2.14. The van der Waals surface area contributed by atoms with Crippen molar-refractivity contribution in [2.45, 2.75) is 27.7 Å². The highest BCUT2D eigenvalue weighted by molar-refractivity contribution is 6.09. The first kappa shape index (κ1) is 33.8. The molecule has 0 N–H and O–H groups in total. The summed E-state index contributed by atoms with van der Waals surface area (Å²) in [6.07, 6.45) is 3.52. The van der Waals surface area contributed by atoms with Crippen LogP contribution in [0, 0.1) is 0 Å². The van der Waals surface area contributed by atoms with Gasteiger partial charge in [-0.3, -0.25) is 0 Å². The minimum absolute atomic E-state index is 0.657. The fourth-order valence-corrected chi connectivity index (χ4v) is 7.47. The summed E-state index contributed by atoms with van der Waals surface area (Å²) < 4.78 is 18.2. The standard InChI is InChI=1S/C46H26N2O3.2C2H6/c1-5-27(21-29(7-1)31-13-17-43-37(23-31)35-9-3-19-47-45(35)50-43)28-6-2-8-30(22-28)32-11-15-41-39(25-32)40-26-34(12-16-42(40)49-41)33-14-18-44-38(24-33)36-10-4-20-48-46(36)51-44;2*1-2/h1-26H;2*1-2H3. The normalized spacial score (nSPS) is 11.3. The van der Waals surface area contributed by atoms with Gasteiger partial charge in [-0.1, -0.05) is 88.4 Å². The number of pyridine rings is 2. The Kier molecular flexibility index (Phi) is 8.68. The van der Waals surface area contributed by atoms with E-state index in [1.54, 1.807) is 12.4 Å². The van der Waals surface area contributed by atoms with E-state index >= 15 is 0 Å². The van der Waals surface area contributed by atoms with E-state index in [9.17, 15) is 0 Å². The Morgan fingerprint density at radius 1 is 0.291 bits per heavy atom. The Hall–Kier alpha value is -6.98. The smallest absolute Gasteiger partial charge is 0.227 e. The first-order valence-corrected chi connectivity index (χ1v) is 18.9. The van der Waals surface area contributed by atoms with Crippen molar-refractivity contribution < 1.29 is 13.3 Å². The molecule has 6 aromatic carbocycles. The van der Waals surface area contributed by atoms with Crippen LogP contribution in [0.3, 0.4) is 0 Å². The molecule has 0 spiro atoms. The Morgan fingerprint density at radius 2 is 0.600 bits per heavy atom. The van der Waals surface area contributed by atoms with E-state index in [-0.39, 0.29) is 0 Å². The summed E-state index contributed by atoms with van der Waals surface area (Å²) in [5, 5.41) is 6.36. The summed E-state index contributed by atoms with van der Waals surface area (Å²) in [5.41, 5.74) is 13.9. The molecule has 0 fully saturated rings. The molecule has 0 aliphatic heterocycles. The van der Waals surface area contributed by atoms with Crippen molar-refractivity contribution in [3.63, 3.8) is 0 Å². The van der Waals surface area contributed by atoms with Crippen LogP contribution in [-0.2, 0) is 0 Å². The van der Waals surface area contributed by atoms with Crippen molar-refractivity contribution in [1.82, 2.24) is 9.97 Å². The number of hydrogen-bond acceptors (Lipinski definition) is 5. The van der Waals surface area contributed by atoms with Gasteiger partial charge in [0.15, 0.2) is 0 Å². The second kappa shape index (κ2) is 14.1. The van der Waals surface area contributed by atoms with E-state index in [1.807, 2.05) is 52.0 Å². The second-order valence-electron chi connectivity index (χ2n) is 13.0. The van der Waals surface area contributed by atoms with Gasteiger partial charge >= 0.3 is 0 Å². The molecule has 0 aliphatic rings. The second-order valence-corrected chi connectivity index (χ2v) is 13.0. The molecule has 11 rings (SSSR count). The third-order valence-corrected chi connectivity index (χ3v) is 10.0. The van der Waals surface area contributed by atoms with Gasteiger partial charge in [-0.15, -0.1) is 0 Å². The van der Waals surface area contributed by atoms with Gasteiger partial charge in [0.1, 0.15) is 22.3 Å². The van der Waals surface area contributed by atoms with Gasteiger partial charge in [0, 0.05) is 44.7 Å². The number of nitrogens with zero attached hydrogens (tertiary/aromatic N) is 2. The number of rotatable bonds is 4. The lowest BCUT2D eigenvalue weighted by Gasteiger charge is -2.09. The van der Waals surface area contributed by atoms with Crippen LogP contribution in [0.5, 0.6) is 0 Å². The molecule has 0 radical (unpaired) electrons. The summed E-state index contributed by atoms with van der Waals surface area (Å²) in [6.45, 7) is 8.00. The van der Waals surface area contributed by atoms with Gasteiger partial charge in [0.25, 0.3) is 0 Å². The predicted octanol–water partition coefficient (Wildman–Crippen LogP) is 14.9. The molecule has 0 saturated heterocycles. The van der Waals surface area contributed by atoms with Crippen LogP contribution in [0.15, 0.2) is 171 Å². The van der Waals surface area contributed by atoms with E-state index in [0.29, 0.717) is 11.4 Å². The van der Waals surface area contributed by atoms with Crippen molar-refractivity contribution >= 4 is 66.1 Å². The quantitative estimate of drug-likeness (QED) is 0.182. The third kappa shape index (κ3) is 5.91. The number of benzene rings is 6. The van der Waals surface area contributed by atoms with Crippen LogP contribution >= 0.6 is 0 Å². The van der Waals surface area contributed by atoms with Crippen molar-refractivity contribution in [3.05, 3.63) is 158 Å². The number of aromatic nitrogens is 2. The number of fused-ring (bicyclic) bond motifs is 9. The molecular weight excluding hydrogens is 677 g/mol. The van der Waals surface area contributed by atoms with Crippen LogP contribution in [0.25, 0.3) is 111 Å². The van der Waals surface area contributed by atoms with Gasteiger partial charge in [0.2, 0.25) is 11.4 Å². The Balaban J connectivity index is 0.000000963. The molecule has 5 heteroatoms. The van der Waals surface area contributed by atoms with E-state index < -0.39 is 0 Å². The number of furan rings is 3. The predicted molar refractivity (Wildman–Crippen MR) is 228 cm³/mol. The van der Waals surface area contributed by atoms with Crippen LogP contribution in [0.1, 0.15) is 27.7 Å². The maximum absolute atomic E-state index is 6.31. The lowest BCUT2D eigenvalue weighted by Crippen LogP contribution is -1.84. The lowest BCUT2D eigenvalue weighted by molar-refractivity contribution is 0.653. The van der Waals surface area contributed by atoms with E-state index in [2.05, 4.69) is 131 Å². The SMILES string of the molecule is CC.CC.c1cc(-c2cccc(-c3ccc4oc5ncccc5c4c3)c2)cc(-c2ccc3oc4ccc(-c5ccc6oc7ncccc7c6c5)cc4c3c2)c1. The largest absolute Gasteiger partial charge is 0.456 e. The number of hydrogen-bond donors (Lipinski definition) is 0. The summed E-state index contributed by atoms with van der Waals surface area (Å²) in [6, 6.07) is 51.1. The molecule has 266 valence electrons. The highest BCUT2D eigenvalue weighted by atomic mass is 16.3. The summed E-state index contributed by atoms with van der Waals surface area (Å²) in [5.74, 6) is 0. The zero-order valence-corrected chi connectivity index (χ0v) is 31.1. The fourth-order valence-electron chi connectivity index (χ4n) is 7.47. The minimum atomic E-state index is 0.657. The molecule has 0 saturated carbocycles. The van der Waals surface area contributed by atoms with Crippen LogP contribution < -0.4 is 0 Å². The van der Waals surface area contributed by atoms with Gasteiger partial charge in [0.05, 0.1) is 0 Å². The Morgan fingerprint density at radius 3 is 0.964 bits per heavy atom. The molecule has 5 nitrogen and oxygen atoms in total. The fraction of sp³-hybridized carbons (Fsp3) is 0.0800. The first-order chi connectivity index (χ1) is 27.2. The maximum atomic E-state index is 6.31. The molecule has 0 aliphatic carbocycles. The zero-order valence-electron chi connectivity index (χ0n) is 31.1. The average Bonchev–Trinajstić information content (AvgIpc) is 3.95. The Labute approximate surface area is 318 Å². The van der Waals surface area contributed by atoms with Gasteiger partial charge in [-0.2, -0.15) is 0 Å². The first-order valence-electron chi connectivity index (χ1n) is 18.9. The molecular formula is C50H38N2O3. The molecule has 0 amide bonds. The zero-order chi connectivity index (χ0) is 37.5. The summed E-state index contributed by atoms with van der Waals surface area (Å²) in [4.78, 5) is 8.78. The van der Waals surface area contributed by atoms with Crippen molar-refractivity contribution in [2.24, 2.45) is 0 Å². The molecule has 0 atom stereocenters. The summed E-state index contributed by atoms with van der Waals surface area (Å²) >= 11 is 0. The molecule has 5 aromatic heterocycles. The highest BCUT2D eigenvalue weighted by Crippen LogP contribution is 2.38. The van der Waals surface area contributed by atoms with Crippen LogP contribution in [-0.4, -0.2) is 9.97 Å². The van der Waals surface area contributed by atoms with Crippen LogP contribution in [0.2, 0.25) is 0 Å². The Bertz CT molecular complexity index is 3160. The van der Waals surface area contributed by atoms with E-state index in [1.165, 1.54) is 0 Å². The van der Waals surface area contributed by atoms with Gasteiger partial charge in [-0.25, -0.2) is 9.97 Å². The lowest BCUT2D eigenvalue weighted by atomic mass is 9.95. The summed E-state index contributed by atoms with van der Waals surface area (Å²) in [7, 11) is 0. The molecule has 55 heavy (non-hydrogen) atoms. The minimum Gasteiger partial charge on any atom is -0.456 e. The monoisotopic (exact) mass is 714 g/mol. The topological polar surface area (TPSA) is 65.2 Å². The maximum Gasteiger partial charge on any atom is 0.227 e. The average molecular weight is 715 g/mol. The van der Waals surface area contributed by atoms with Gasteiger partial charge < -0.3 is 13.3 Å². The van der Waals surface area contributed by atoms with Crippen molar-refractivity contribution in [3.8, 4) is 44.5 Å². The van der Waals surface area contributed by atoms with E-state index in [4.69, 9.17) is 13.3 Å². The molecule has 11 aromatic rings. The van der Waals surface area contributed by atoms with Crippen molar-refractivity contribution in [1.29, 1.82) is 0 Å². The molecule has 5 heterocycles. The molecule has 0 bridgehead atoms. The third-order valence-electron chi connectivity index (χ3n) is 10.0. The van der Waals surface area contributed by atoms with Crippen LogP contribution in [0.4, 0.5) is 0 Å².